The minimum Gasteiger partial charge on any atom is -0.342 e. The van der Waals surface area contributed by atoms with Crippen LogP contribution in [0.25, 0.3) is 22.6 Å². The Morgan fingerprint density at radius 3 is 2.42 bits per heavy atom. The molecule has 0 saturated heterocycles. The van der Waals surface area contributed by atoms with E-state index < -0.39 is 0 Å². The van der Waals surface area contributed by atoms with Gasteiger partial charge in [0.1, 0.15) is 5.82 Å². The predicted octanol–water partition coefficient (Wildman–Crippen LogP) is 4.81. The van der Waals surface area contributed by atoms with Gasteiger partial charge in [0.25, 0.3) is 0 Å². The lowest BCUT2D eigenvalue weighted by molar-refractivity contribution is 1.25. The number of rotatable bonds is 2. The van der Waals surface area contributed by atoms with Crippen LogP contribution < -0.4 is 0 Å². The summed E-state index contributed by atoms with van der Waals surface area (Å²) in [6.45, 7) is 2.05. The van der Waals surface area contributed by atoms with Crippen molar-refractivity contribution < 1.29 is 0 Å². The Bertz CT molecular complexity index is 702. The number of nitrogens with zero attached hydrogens (tertiary/aromatic N) is 1. The summed E-state index contributed by atoms with van der Waals surface area (Å²) in [4.78, 5) is 8.07. The molecule has 2 aromatic carbocycles. The lowest BCUT2D eigenvalue weighted by Crippen LogP contribution is -1.81. The minimum absolute atomic E-state index is 0.901. The Kier molecular flexibility index (Phi) is 3.22. The van der Waals surface area contributed by atoms with E-state index in [9.17, 15) is 0 Å². The number of halogens is 1. The predicted molar refractivity (Wildman–Crippen MR) is 81.9 cm³/mol. The molecule has 0 bridgehead atoms. The average molecular weight is 313 g/mol. The molecular formula is C16H13BrN2. The Hall–Kier alpha value is -1.87. The van der Waals surface area contributed by atoms with Gasteiger partial charge in [-0.15, -0.1) is 0 Å². The lowest BCUT2D eigenvalue weighted by Gasteiger charge is -1.97. The van der Waals surface area contributed by atoms with Crippen LogP contribution in [0.4, 0.5) is 0 Å². The van der Waals surface area contributed by atoms with Crippen LogP contribution in [-0.4, -0.2) is 9.97 Å². The first-order valence-electron chi connectivity index (χ1n) is 6.12. The minimum atomic E-state index is 0.901. The van der Waals surface area contributed by atoms with E-state index in [0.29, 0.717) is 0 Å². The largest absolute Gasteiger partial charge is 0.342 e. The number of imidazole rings is 1. The molecule has 0 amide bonds. The topological polar surface area (TPSA) is 28.7 Å². The van der Waals surface area contributed by atoms with Crippen molar-refractivity contribution in [3.63, 3.8) is 0 Å². The Labute approximate surface area is 120 Å². The molecule has 19 heavy (non-hydrogen) atoms. The molecule has 1 aromatic heterocycles. The van der Waals surface area contributed by atoms with Gasteiger partial charge in [0.05, 0.1) is 5.69 Å². The maximum atomic E-state index is 4.72. The molecule has 0 fully saturated rings. The van der Waals surface area contributed by atoms with Crippen LogP contribution in [0.1, 0.15) is 5.69 Å². The van der Waals surface area contributed by atoms with Crippen LogP contribution in [0.2, 0.25) is 0 Å². The summed E-state index contributed by atoms with van der Waals surface area (Å²) in [6.07, 6.45) is 0. The maximum absolute atomic E-state index is 4.72. The average Bonchev–Trinajstić information content (AvgIpc) is 2.82. The van der Waals surface area contributed by atoms with Crippen molar-refractivity contribution >= 4 is 15.9 Å². The van der Waals surface area contributed by atoms with E-state index in [1.807, 2.05) is 30.3 Å². The molecular weight excluding hydrogens is 300 g/mol. The van der Waals surface area contributed by atoms with Gasteiger partial charge in [-0.2, -0.15) is 0 Å². The highest BCUT2D eigenvalue weighted by Crippen LogP contribution is 2.26. The van der Waals surface area contributed by atoms with Crippen molar-refractivity contribution in [2.75, 3.05) is 0 Å². The van der Waals surface area contributed by atoms with Gasteiger partial charge in [-0.3, -0.25) is 0 Å². The first-order chi connectivity index (χ1) is 9.24. The first-order valence-corrected chi connectivity index (χ1v) is 6.91. The Morgan fingerprint density at radius 1 is 0.947 bits per heavy atom. The van der Waals surface area contributed by atoms with E-state index in [-0.39, 0.29) is 0 Å². The molecule has 0 aliphatic heterocycles. The summed E-state index contributed by atoms with van der Waals surface area (Å²) in [7, 11) is 0. The second-order valence-corrected chi connectivity index (χ2v) is 5.35. The fraction of sp³-hybridized carbons (Fsp3) is 0.0625. The molecule has 3 aromatic rings. The normalized spacial score (nSPS) is 10.6. The highest BCUT2D eigenvalue weighted by Gasteiger charge is 2.10. The Balaban J connectivity index is 2.07. The van der Waals surface area contributed by atoms with Gasteiger partial charge in [0, 0.05) is 21.3 Å². The summed E-state index contributed by atoms with van der Waals surface area (Å²) < 4.78 is 1.06. The number of aryl methyl sites for hydroxylation is 1. The molecule has 1 heterocycles. The molecule has 2 nitrogen and oxygen atoms in total. The molecule has 94 valence electrons. The van der Waals surface area contributed by atoms with Crippen LogP contribution in [-0.2, 0) is 0 Å². The zero-order valence-electron chi connectivity index (χ0n) is 10.5. The summed E-state index contributed by atoms with van der Waals surface area (Å²) >= 11 is 3.49. The van der Waals surface area contributed by atoms with Gasteiger partial charge in [0.15, 0.2) is 0 Å². The van der Waals surface area contributed by atoms with E-state index in [2.05, 4.69) is 52.1 Å². The van der Waals surface area contributed by atoms with Crippen molar-refractivity contribution in [2.24, 2.45) is 0 Å². The van der Waals surface area contributed by atoms with Crippen molar-refractivity contribution in [1.82, 2.24) is 9.97 Å². The third-order valence-electron chi connectivity index (χ3n) is 3.03. The van der Waals surface area contributed by atoms with Gasteiger partial charge in [-0.25, -0.2) is 4.98 Å². The third-order valence-corrected chi connectivity index (χ3v) is 3.52. The van der Waals surface area contributed by atoms with E-state index in [4.69, 9.17) is 4.98 Å². The van der Waals surface area contributed by atoms with Crippen molar-refractivity contribution in [3.05, 3.63) is 64.8 Å². The molecule has 0 aliphatic carbocycles. The number of nitrogens with one attached hydrogen (secondary N) is 1. The van der Waals surface area contributed by atoms with Gasteiger partial charge >= 0.3 is 0 Å². The van der Waals surface area contributed by atoms with Crippen molar-refractivity contribution in [3.8, 4) is 22.6 Å². The summed E-state index contributed by atoms with van der Waals surface area (Å²) in [6, 6.07) is 18.4. The van der Waals surface area contributed by atoms with Crippen LogP contribution in [0, 0.1) is 6.92 Å². The summed E-state index contributed by atoms with van der Waals surface area (Å²) in [5.41, 5.74) is 4.31. The van der Waals surface area contributed by atoms with E-state index >= 15 is 0 Å². The highest BCUT2D eigenvalue weighted by molar-refractivity contribution is 9.10. The van der Waals surface area contributed by atoms with Crippen molar-refractivity contribution in [2.45, 2.75) is 6.92 Å². The lowest BCUT2D eigenvalue weighted by atomic mass is 10.1. The number of benzene rings is 2. The molecule has 0 spiro atoms. The van der Waals surface area contributed by atoms with Gasteiger partial charge in [-0.05, 0) is 19.1 Å². The molecule has 0 atom stereocenters. The zero-order chi connectivity index (χ0) is 13.2. The van der Waals surface area contributed by atoms with Crippen LogP contribution >= 0.6 is 15.9 Å². The fourth-order valence-electron chi connectivity index (χ4n) is 2.11. The molecule has 3 heteroatoms. The van der Waals surface area contributed by atoms with E-state index in [1.165, 1.54) is 0 Å². The third kappa shape index (κ3) is 2.47. The molecule has 0 aliphatic rings. The second kappa shape index (κ2) is 5.02. The van der Waals surface area contributed by atoms with Crippen LogP contribution in [0.3, 0.4) is 0 Å². The monoisotopic (exact) mass is 312 g/mol. The maximum Gasteiger partial charge on any atom is 0.138 e. The fourth-order valence-corrected chi connectivity index (χ4v) is 2.51. The first kappa shape index (κ1) is 12.2. The van der Waals surface area contributed by atoms with E-state index in [0.717, 1.165) is 32.8 Å². The molecule has 0 saturated carbocycles. The standard InChI is InChI=1S/C16H13BrN2/c1-11-15(12-6-3-2-4-7-12)19-16(18-11)13-8-5-9-14(17)10-13/h2-10H,1H3,(H,18,19). The summed E-state index contributed by atoms with van der Waals surface area (Å²) in [5, 5.41) is 0. The molecule has 0 radical (unpaired) electrons. The second-order valence-electron chi connectivity index (χ2n) is 4.44. The van der Waals surface area contributed by atoms with Gasteiger partial charge < -0.3 is 4.98 Å². The van der Waals surface area contributed by atoms with Crippen molar-refractivity contribution in [1.29, 1.82) is 0 Å². The molecule has 3 rings (SSSR count). The number of aromatic nitrogens is 2. The van der Waals surface area contributed by atoms with Gasteiger partial charge in [0.2, 0.25) is 0 Å². The van der Waals surface area contributed by atoms with Crippen LogP contribution in [0.15, 0.2) is 59.1 Å². The summed E-state index contributed by atoms with van der Waals surface area (Å²) in [5.74, 6) is 0.901. The number of aromatic amines is 1. The quantitative estimate of drug-likeness (QED) is 0.722. The molecule has 0 unspecified atom stereocenters. The smallest absolute Gasteiger partial charge is 0.138 e. The number of hydrogen-bond donors (Lipinski definition) is 1. The highest BCUT2D eigenvalue weighted by atomic mass is 79.9. The Morgan fingerprint density at radius 2 is 1.68 bits per heavy atom. The van der Waals surface area contributed by atoms with Crippen LogP contribution in [0.5, 0.6) is 0 Å². The zero-order valence-corrected chi connectivity index (χ0v) is 12.1. The number of H-pyrrole nitrogens is 1. The molecule has 1 N–H and O–H groups in total. The SMILES string of the molecule is Cc1[nH]c(-c2cccc(Br)c2)nc1-c1ccccc1. The number of hydrogen-bond acceptors (Lipinski definition) is 1. The van der Waals surface area contributed by atoms with E-state index in [1.54, 1.807) is 0 Å². The van der Waals surface area contributed by atoms with Gasteiger partial charge in [-0.1, -0.05) is 58.4 Å².